The van der Waals surface area contributed by atoms with Crippen LogP contribution in [0.4, 0.5) is 0 Å². The van der Waals surface area contributed by atoms with Crippen molar-refractivity contribution in [1.82, 2.24) is 9.99 Å². The largest absolute Gasteiger partial charge is 0.317 e. The summed E-state index contributed by atoms with van der Waals surface area (Å²) in [5.41, 5.74) is 8.44. The lowest BCUT2D eigenvalue weighted by atomic mass is 10.2. The van der Waals surface area contributed by atoms with Crippen LogP contribution >= 0.6 is 45.8 Å². The van der Waals surface area contributed by atoms with Crippen LogP contribution in [-0.4, -0.2) is 10.8 Å². The molecule has 3 rings (SSSR count). The van der Waals surface area contributed by atoms with Crippen molar-refractivity contribution in [2.75, 3.05) is 0 Å². The summed E-state index contributed by atoms with van der Waals surface area (Å²) >= 11 is 14.7. The minimum absolute atomic E-state index is 0.477. The highest BCUT2D eigenvalue weighted by Gasteiger charge is 2.11. The van der Waals surface area contributed by atoms with Gasteiger partial charge in [-0.05, 0) is 66.8 Å². The molecule has 3 aromatic rings. The molecular formula is C20H18Cl2IN3. The first-order chi connectivity index (χ1) is 12.5. The smallest absolute Gasteiger partial charge is 0.0609 e. The fourth-order valence-corrected chi connectivity index (χ4v) is 4.02. The van der Waals surface area contributed by atoms with Gasteiger partial charge in [0.1, 0.15) is 0 Å². The van der Waals surface area contributed by atoms with Gasteiger partial charge in [0.2, 0.25) is 0 Å². The van der Waals surface area contributed by atoms with Gasteiger partial charge in [-0.1, -0.05) is 41.4 Å². The van der Waals surface area contributed by atoms with Crippen LogP contribution in [0.1, 0.15) is 22.5 Å². The lowest BCUT2D eigenvalue weighted by molar-refractivity contribution is 0.748. The third-order valence-electron chi connectivity index (χ3n) is 4.18. The van der Waals surface area contributed by atoms with E-state index >= 15 is 0 Å². The zero-order chi connectivity index (χ0) is 18.7. The Labute approximate surface area is 177 Å². The maximum atomic E-state index is 6.18. The average molecular weight is 498 g/mol. The van der Waals surface area contributed by atoms with Gasteiger partial charge in [-0.3, -0.25) is 0 Å². The molecular weight excluding hydrogens is 480 g/mol. The molecule has 0 aliphatic carbocycles. The average Bonchev–Trinajstić information content (AvgIpc) is 2.88. The summed E-state index contributed by atoms with van der Waals surface area (Å²) in [6.07, 6.45) is 1.83. The van der Waals surface area contributed by atoms with Gasteiger partial charge in [-0.2, -0.15) is 5.10 Å². The number of aromatic nitrogens is 1. The molecule has 0 bridgehead atoms. The Hall–Kier alpha value is -1.50. The van der Waals surface area contributed by atoms with E-state index in [1.807, 2.05) is 30.5 Å². The van der Waals surface area contributed by atoms with Gasteiger partial charge >= 0.3 is 0 Å². The van der Waals surface area contributed by atoms with Crippen LogP contribution in [0, 0.1) is 17.4 Å². The maximum absolute atomic E-state index is 6.18. The quantitative estimate of drug-likeness (QED) is 0.256. The first-order valence-electron chi connectivity index (χ1n) is 8.11. The summed E-state index contributed by atoms with van der Waals surface area (Å²) in [5.74, 6) is 0. The van der Waals surface area contributed by atoms with Crippen LogP contribution in [0.25, 0.3) is 5.69 Å². The number of rotatable bonds is 5. The summed E-state index contributed by atoms with van der Waals surface area (Å²) in [4.78, 5) is 0. The van der Waals surface area contributed by atoms with Crippen molar-refractivity contribution >= 4 is 52.0 Å². The van der Waals surface area contributed by atoms with Gasteiger partial charge in [0.25, 0.3) is 0 Å². The zero-order valence-corrected chi connectivity index (χ0v) is 18.1. The molecule has 0 unspecified atom stereocenters. The Morgan fingerprint density at radius 3 is 2.46 bits per heavy atom. The van der Waals surface area contributed by atoms with E-state index in [-0.39, 0.29) is 0 Å². The minimum atomic E-state index is 0.477. The highest BCUT2D eigenvalue weighted by atomic mass is 127. The molecule has 0 radical (unpaired) electrons. The van der Waals surface area contributed by atoms with Crippen LogP contribution in [0.15, 0.2) is 53.6 Å². The van der Waals surface area contributed by atoms with Crippen LogP contribution in [0.3, 0.4) is 0 Å². The second kappa shape index (κ2) is 8.46. The first-order valence-corrected chi connectivity index (χ1v) is 9.95. The van der Waals surface area contributed by atoms with E-state index in [1.54, 1.807) is 0 Å². The second-order valence-corrected chi connectivity index (χ2v) is 7.88. The number of hydrogen-bond donors (Lipinski definition) is 1. The lowest BCUT2D eigenvalue weighted by Gasteiger charge is -2.11. The number of aryl methyl sites for hydroxylation is 1. The molecule has 3 nitrogen and oxygen atoms in total. The monoisotopic (exact) mass is 497 g/mol. The molecule has 0 atom stereocenters. The summed E-state index contributed by atoms with van der Waals surface area (Å²) < 4.78 is 3.45. The standard InChI is InChI=1S/C20H18Cl2IN3/c1-13-10-15(14(2)26(13)20-9-4-3-8-19(20)23)11-24-25-12-16-17(21)6-5-7-18(16)22/h3-11,25H,12H2,1-2H3/b24-11+. The van der Waals surface area contributed by atoms with Gasteiger partial charge in [0.15, 0.2) is 0 Å². The highest BCUT2D eigenvalue weighted by molar-refractivity contribution is 14.1. The molecule has 134 valence electrons. The van der Waals surface area contributed by atoms with E-state index in [2.05, 4.69) is 75.8 Å². The predicted octanol–water partition coefficient (Wildman–Crippen LogP) is 6.13. The van der Waals surface area contributed by atoms with Crippen LogP contribution in [-0.2, 0) is 6.54 Å². The molecule has 1 aromatic heterocycles. The van der Waals surface area contributed by atoms with Gasteiger partial charge < -0.3 is 9.99 Å². The molecule has 0 spiro atoms. The molecule has 6 heteroatoms. The van der Waals surface area contributed by atoms with Crippen molar-refractivity contribution < 1.29 is 0 Å². The van der Waals surface area contributed by atoms with Gasteiger partial charge in [-0.25, -0.2) is 0 Å². The maximum Gasteiger partial charge on any atom is 0.0609 e. The molecule has 0 saturated heterocycles. The van der Waals surface area contributed by atoms with E-state index in [0.29, 0.717) is 16.6 Å². The van der Waals surface area contributed by atoms with Gasteiger partial charge in [-0.15, -0.1) is 0 Å². The third kappa shape index (κ3) is 4.08. The zero-order valence-electron chi connectivity index (χ0n) is 14.4. The van der Waals surface area contributed by atoms with Crippen molar-refractivity contribution in [2.24, 2.45) is 5.10 Å². The number of nitrogens with one attached hydrogen (secondary N) is 1. The van der Waals surface area contributed by atoms with Crippen molar-refractivity contribution in [3.05, 3.63) is 84.7 Å². The van der Waals surface area contributed by atoms with Crippen molar-refractivity contribution in [3.8, 4) is 5.69 Å². The number of hydrazone groups is 1. The normalized spacial score (nSPS) is 11.3. The summed E-state index contributed by atoms with van der Waals surface area (Å²) in [5, 5.41) is 5.62. The molecule has 0 amide bonds. The van der Waals surface area contributed by atoms with E-state index in [0.717, 1.165) is 16.8 Å². The fraction of sp³-hybridized carbons (Fsp3) is 0.150. The fourth-order valence-electron chi connectivity index (χ4n) is 2.86. The third-order valence-corrected chi connectivity index (χ3v) is 5.80. The van der Waals surface area contributed by atoms with Gasteiger partial charge in [0.05, 0.1) is 18.4 Å². The molecule has 0 aliphatic heterocycles. The molecule has 2 aromatic carbocycles. The van der Waals surface area contributed by atoms with E-state index < -0.39 is 0 Å². The Morgan fingerprint density at radius 1 is 1.08 bits per heavy atom. The molecule has 0 aliphatic rings. The summed E-state index contributed by atoms with van der Waals surface area (Å²) in [6.45, 7) is 4.68. The first kappa shape index (κ1) is 19.3. The minimum Gasteiger partial charge on any atom is -0.317 e. The van der Waals surface area contributed by atoms with Crippen molar-refractivity contribution in [2.45, 2.75) is 20.4 Å². The molecule has 1 heterocycles. The topological polar surface area (TPSA) is 29.3 Å². The van der Waals surface area contributed by atoms with Crippen molar-refractivity contribution in [1.29, 1.82) is 0 Å². The number of halogens is 3. The molecule has 26 heavy (non-hydrogen) atoms. The Bertz CT molecular complexity index is 943. The summed E-state index contributed by atoms with van der Waals surface area (Å²) in [6, 6.07) is 15.9. The lowest BCUT2D eigenvalue weighted by Crippen LogP contribution is -2.07. The molecule has 1 N–H and O–H groups in total. The Morgan fingerprint density at radius 2 is 1.77 bits per heavy atom. The van der Waals surface area contributed by atoms with Crippen LogP contribution in [0.5, 0.6) is 0 Å². The summed E-state index contributed by atoms with van der Waals surface area (Å²) in [7, 11) is 0. The highest BCUT2D eigenvalue weighted by Crippen LogP contribution is 2.25. The van der Waals surface area contributed by atoms with E-state index in [1.165, 1.54) is 15.0 Å². The Balaban J connectivity index is 1.78. The van der Waals surface area contributed by atoms with E-state index in [9.17, 15) is 0 Å². The molecule has 0 saturated carbocycles. The number of nitrogens with zero attached hydrogens (tertiary/aromatic N) is 2. The van der Waals surface area contributed by atoms with Crippen molar-refractivity contribution in [3.63, 3.8) is 0 Å². The predicted molar refractivity (Wildman–Crippen MR) is 119 cm³/mol. The number of hydrogen-bond acceptors (Lipinski definition) is 2. The Kier molecular flexibility index (Phi) is 6.27. The second-order valence-electron chi connectivity index (χ2n) is 5.91. The van der Waals surface area contributed by atoms with Gasteiger partial charge in [0, 0.05) is 36.1 Å². The van der Waals surface area contributed by atoms with Crippen LogP contribution in [0.2, 0.25) is 10.0 Å². The SMILES string of the molecule is Cc1cc(/C=N/NCc2c(Cl)cccc2Cl)c(C)n1-c1ccccc1I. The number of para-hydroxylation sites is 1. The van der Waals surface area contributed by atoms with E-state index in [4.69, 9.17) is 23.2 Å². The number of benzene rings is 2. The molecule has 0 fully saturated rings. The van der Waals surface area contributed by atoms with Crippen LogP contribution < -0.4 is 5.43 Å².